The number of amides is 1. The first-order valence-electron chi connectivity index (χ1n) is 6.82. The Morgan fingerprint density at radius 2 is 2.15 bits per heavy atom. The van der Waals surface area contributed by atoms with E-state index in [1.807, 2.05) is 30.3 Å². The molecule has 1 aliphatic rings. The van der Waals surface area contributed by atoms with Crippen LogP contribution >= 0.6 is 0 Å². The zero-order chi connectivity index (χ0) is 13.9. The summed E-state index contributed by atoms with van der Waals surface area (Å²) in [6.45, 7) is 2.09. The van der Waals surface area contributed by atoms with E-state index in [0.717, 1.165) is 23.5 Å². The van der Waals surface area contributed by atoms with Crippen molar-refractivity contribution in [1.82, 2.24) is 4.98 Å². The van der Waals surface area contributed by atoms with E-state index in [0.29, 0.717) is 6.42 Å². The third-order valence-electron chi connectivity index (χ3n) is 3.52. The van der Waals surface area contributed by atoms with Gasteiger partial charge in [-0.05, 0) is 49.2 Å². The SMILES string of the molecule is CC(Nc1ccc2c(c1)CCC(=O)N2)c1ccccn1. The van der Waals surface area contributed by atoms with Crippen LogP contribution in [0.4, 0.5) is 11.4 Å². The average Bonchev–Trinajstić information content (AvgIpc) is 2.48. The molecule has 0 spiro atoms. The minimum Gasteiger partial charge on any atom is -0.377 e. The van der Waals surface area contributed by atoms with Crippen LogP contribution in [-0.4, -0.2) is 10.9 Å². The molecule has 2 heterocycles. The summed E-state index contributed by atoms with van der Waals surface area (Å²) in [4.78, 5) is 15.7. The number of carbonyl (C=O) groups excluding carboxylic acids is 1. The quantitative estimate of drug-likeness (QED) is 0.898. The van der Waals surface area contributed by atoms with E-state index in [9.17, 15) is 4.79 Å². The summed E-state index contributed by atoms with van der Waals surface area (Å²) < 4.78 is 0. The molecule has 0 saturated carbocycles. The monoisotopic (exact) mass is 267 g/mol. The number of pyridine rings is 1. The molecule has 3 rings (SSSR count). The second-order valence-electron chi connectivity index (χ2n) is 5.04. The van der Waals surface area contributed by atoms with Gasteiger partial charge in [-0.3, -0.25) is 9.78 Å². The third-order valence-corrected chi connectivity index (χ3v) is 3.52. The number of aromatic nitrogens is 1. The van der Waals surface area contributed by atoms with Crippen molar-refractivity contribution in [2.75, 3.05) is 10.6 Å². The molecule has 1 amide bonds. The smallest absolute Gasteiger partial charge is 0.224 e. The Morgan fingerprint density at radius 1 is 1.25 bits per heavy atom. The fourth-order valence-electron chi connectivity index (χ4n) is 2.43. The number of benzene rings is 1. The zero-order valence-electron chi connectivity index (χ0n) is 11.4. The Bertz CT molecular complexity index is 625. The van der Waals surface area contributed by atoms with Crippen molar-refractivity contribution in [3.63, 3.8) is 0 Å². The molecule has 1 unspecified atom stereocenters. The van der Waals surface area contributed by atoms with Crippen molar-refractivity contribution < 1.29 is 4.79 Å². The standard InChI is InChI=1S/C16H17N3O/c1-11(14-4-2-3-9-17-14)18-13-6-7-15-12(10-13)5-8-16(20)19-15/h2-4,6-7,9-11,18H,5,8H2,1H3,(H,19,20). The maximum atomic E-state index is 11.3. The highest BCUT2D eigenvalue weighted by Crippen LogP contribution is 2.27. The number of anilines is 2. The Morgan fingerprint density at radius 3 is 2.95 bits per heavy atom. The Hall–Kier alpha value is -2.36. The van der Waals surface area contributed by atoms with E-state index in [2.05, 4.69) is 28.6 Å². The normalized spacial score (nSPS) is 15.2. The summed E-state index contributed by atoms with van der Waals surface area (Å²) in [6, 6.07) is 12.1. The van der Waals surface area contributed by atoms with E-state index in [1.54, 1.807) is 6.20 Å². The number of hydrogen-bond donors (Lipinski definition) is 2. The molecule has 0 saturated heterocycles. The zero-order valence-corrected chi connectivity index (χ0v) is 11.4. The molecule has 20 heavy (non-hydrogen) atoms. The summed E-state index contributed by atoms with van der Waals surface area (Å²) in [5.41, 5.74) is 4.18. The predicted octanol–water partition coefficient (Wildman–Crippen LogP) is 3.14. The Balaban J connectivity index is 1.77. The number of rotatable bonds is 3. The molecular formula is C16H17N3O. The van der Waals surface area contributed by atoms with Crippen molar-refractivity contribution in [2.24, 2.45) is 0 Å². The number of fused-ring (bicyclic) bond motifs is 1. The molecule has 4 heteroatoms. The van der Waals surface area contributed by atoms with E-state index in [1.165, 1.54) is 5.56 Å². The van der Waals surface area contributed by atoms with Gasteiger partial charge in [0.05, 0.1) is 11.7 Å². The molecule has 1 aromatic carbocycles. The lowest BCUT2D eigenvalue weighted by molar-refractivity contribution is -0.116. The van der Waals surface area contributed by atoms with Crippen LogP contribution in [0.5, 0.6) is 0 Å². The second kappa shape index (κ2) is 5.33. The summed E-state index contributed by atoms with van der Waals surface area (Å²) in [5.74, 6) is 0.0973. The van der Waals surface area contributed by atoms with Crippen molar-refractivity contribution >= 4 is 17.3 Å². The number of nitrogens with zero attached hydrogens (tertiary/aromatic N) is 1. The minimum absolute atomic E-state index is 0.0973. The molecule has 1 atom stereocenters. The van der Waals surface area contributed by atoms with Crippen LogP contribution in [0.15, 0.2) is 42.6 Å². The van der Waals surface area contributed by atoms with Crippen LogP contribution in [0.1, 0.15) is 30.6 Å². The first-order valence-corrected chi connectivity index (χ1v) is 6.82. The van der Waals surface area contributed by atoms with Crippen LogP contribution in [0.25, 0.3) is 0 Å². The van der Waals surface area contributed by atoms with Gasteiger partial charge in [-0.15, -0.1) is 0 Å². The molecular weight excluding hydrogens is 250 g/mol. The van der Waals surface area contributed by atoms with Gasteiger partial charge in [0, 0.05) is 24.0 Å². The minimum atomic E-state index is 0.0973. The summed E-state index contributed by atoms with van der Waals surface area (Å²) in [7, 11) is 0. The van der Waals surface area contributed by atoms with Gasteiger partial charge < -0.3 is 10.6 Å². The molecule has 102 valence electrons. The van der Waals surface area contributed by atoms with Crippen molar-refractivity contribution in [1.29, 1.82) is 0 Å². The largest absolute Gasteiger partial charge is 0.377 e. The molecule has 2 N–H and O–H groups in total. The highest BCUT2D eigenvalue weighted by molar-refractivity contribution is 5.94. The molecule has 1 aromatic heterocycles. The van der Waals surface area contributed by atoms with Gasteiger partial charge in [0.2, 0.25) is 5.91 Å². The second-order valence-corrected chi connectivity index (χ2v) is 5.04. The topological polar surface area (TPSA) is 54.0 Å². The molecule has 0 fully saturated rings. The van der Waals surface area contributed by atoms with Gasteiger partial charge in [0.25, 0.3) is 0 Å². The van der Waals surface area contributed by atoms with E-state index < -0.39 is 0 Å². The van der Waals surface area contributed by atoms with E-state index in [4.69, 9.17) is 0 Å². The summed E-state index contributed by atoms with van der Waals surface area (Å²) in [5, 5.41) is 6.34. The molecule has 0 bridgehead atoms. The van der Waals surface area contributed by atoms with Crippen molar-refractivity contribution in [3.05, 3.63) is 53.9 Å². The van der Waals surface area contributed by atoms with Gasteiger partial charge in [0.1, 0.15) is 0 Å². The lowest BCUT2D eigenvalue weighted by Gasteiger charge is -2.20. The molecule has 1 aliphatic heterocycles. The van der Waals surface area contributed by atoms with E-state index in [-0.39, 0.29) is 11.9 Å². The van der Waals surface area contributed by atoms with E-state index >= 15 is 0 Å². The fraction of sp³-hybridized carbons (Fsp3) is 0.250. The summed E-state index contributed by atoms with van der Waals surface area (Å²) >= 11 is 0. The number of nitrogens with one attached hydrogen (secondary N) is 2. The predicted molar refractivity (Wildman–Crippen MR) is 79.7 cm³/mol. The van der Waals surface area contributed by atoms with Crippen LogP contribution in [-0.2, 0) is 11.2 Å². The van der Waals surface area contributed by atoms with Gasteiger partial charge in [-0.2, -0.15) is 0 Å². The van der Waals surface area contributed by atoms with Gasteiger partial charge in [-0.25, -0.2) is 0 Å². The Kier molecular flexibility index (Phi) is 3.37. The van der Waals surface area contributed by atoms with Gasteiger partial charge >= 0.3 is 0 Å². The van der Waals surface area contributed by atoms with Crippen LogP contribution in [0.2, 0.25) is 0 Å². The van der Waals surface area contributed by atoms with Gasteiger partial charge in [-0.1, -0.05) is 6.07 Å². The first-order chi connectivity index (χ1) is 9.72. The number of hydrogen-bond acceptors (Lipinski definition) is 3. The Labute approximate surface area is 118 Å². The van der Waals surface area contributed by atoms with Crippen molar-refractivity contribution in [2.45, 2.75) is 25.8 Å². The van der Waals surface area contributed by atoms with Crippen LogP contribution in [0.3, 0.4) is 0 Å². The lowest BCUT2D eigenvalue weighted by atomic mass is 10.0. The third kappa shape index (κ3) is 2.64. The molecule has 0 radical (unpaired) electrons. The van der Waals surface area contributed by atoms with Gasteiger partial charge in [0.15, 0.2) is 0 Å². The number of aryl methyl sites for hydroxylation is 1. The number of carbonyl (C=O) groups is 1. The molecule has 4 nitrogen and oxygen atoms in total. The fourth-order valence-corrected chi connectivity index (χ4v) is 2.43. The highest BCUT2D eigenvalue weighted by atomic mass is 16.1. The summed E-state index contributed by atoms with van der Waals surface area (Å²) in [6.07, 6.45) is 3.16. The van der Waals surface area contributed by atoms with Crippen LogP contribution < -0.4 is 10.6 Å². The molecule has 0 aliphatic carbocycles. The first kappa shape index (κ1) is 12.7. The lowest BCUT2D eigenvalue weighted by Crippen LogP contribution is -2.19. The van der Waals surface area contributed by atoms with Crippen LogP contribution in [0, 0.1) is 0 Å². The molecule has 2 aromatic rings. The maximum absolute atomic E-state index is 11.3. The average molecular weight is 267 g/mol. The highest BCUT2D eigenvalue weighted by Gasteiger charge is 2.15. The van der Waals surface area contributed by atoms with Crippen molar-refractivity contribution in [3.8, 4) is 0 Å². The maximum Gasteiger partial charge on any atom is 0.224 e.